The van der Waals surface area contributed by atoms with Crippen molar-refractivity contribution in [3.05, 3.63) is 18.0 Å². The molecular formula is C13H21N3O. The SMILES string of the molecule is CCC(=O)N(c1nccc(CC)n1)C(C)CC. The number of amides is 1. The van der Waals surface area contributed by atoms with Crippen LogP contribution in [0, 0.1) is 0 Å². The molecule has 1 unspecified atom stereocenters. The Balaban J connectivity index is 3.07. The minimum atomic E-state index is 0.0765. The highest BCUT2D eigenvalue weighted by atomic mass is 16.2. The van der Waals surface area contributed by atoms with Gasteiger partial charge in [-0.25, -0.2) is 9.97 Å². The van der Waals surface area contributed by atoms with Gasteiger partial charge in [-0.2, -0.15) is 0 Å². The summed E-state index contributed by atoms with van der Waals surface area (Å²) in [6.45, 7) is 7.99. The van der Waals surface area contributed by atoms with E-state index >= 15 is 0 Å². The van der Waals surface area contributed by atoms with Crippen LogP contribution in [0.1, 0.15) is 46.2 Å². The van der Waals surface area contributed by atoms with Crippen LogP contribution in [0.2, 0.25) is 0 Å². The zero-order valence-corrected chi connectivity index (χ0v) is 11.1. The molecule has 0 fully saturated rings. The molecule has 1 aromatic heterocycles. The molecule has 1 aromatic rings. The van der Waals surface area contributed by atoms with Crippen molar-refractivity contribution in [2.24, 2.45) is 0 Å². The Morgan fingerprint density at radius 1 is 1.41 bits per heavy atom. The van der Waals surface area contributed by atoms with Crippen molar-refractivity contribution < 1.29 is 4.79 Å². The van der Waals surface area contributed by atoms with Crippen LogP contribution in [0.5, 0.6) is 0 Å². The van der Waals surface area contributed by atoms with Crippen molar-refractivity contribution in [1.82, 2.24) is 9.97 Å². The monoisotopic (exact) mass is 235 g/mol. The van der Waals surface area contributed by atoms with Gasteiger partial charge in [0.05, 0.1) is 0 Å². The Morgan fingerprint density at radius 3 is 2.65 bits per heavy atom. The second-order valence-electron chi connectivity index (χ2n) is 4.08. The number of anilines is 1. The van der Waals surface area contributed by atoms with Crippen LogP contribution in [0.25, 0.3) is 0 Å². The van der Waals surface area contributed by atoms with Crippen LogP contribution >= 0.6 is 0 Å². The molecule has 0 saturated heterocycles. The molecule has 0 aliphatic rings. The van der Waals surface area contributed by atoms with E-state index in [1.165, 1.54) is 0 Å². The predicted octanol–water partition coefficient (Wildman–Crippen LogP) is 2.58. The zero-order chi connectivity index (χ0) is 12.8. The third kappa shape index (κ3) is 3.25. The molecule has 0 bridgehead atoms. The summed E-state index contributed by atoms with van der Waals surface area (Å²) in [5.74, 6) is 0.609. The number of nitrogens with zero attached hydrogens (tertiary/aromatic N) is 3. The Kier molecular flexibility index (Phi) is 5.07. The third-order valence-corrected chi connectivity index (χ3v) is 2.88. The van der Waals surface area contributed by atoms with E-state index in [2.05, 4.69) is 16.9 Å². The van der Waals surface area contributed by atoms with Gasteiger partial charge in [0.25, 0.3) is 0 Å². The number of carbonyl (C=O) groups excluding carboxylic acids is 1. The summed E-state index contributed by atoms with van der Waals surface area (Å²) in [6, 6.07) is 2.02. The first-order valence-corrected chi connectivity index (χ1v) is 6.27. The predicted molar refractivity (Wildman–Crippen MR) is 68.9 cm³/mol. The van der Waals surface area contributed by atoms with E-state index < -0.39 is 0 Å². The zero-order valence-electron chi connectivity index (χ0n) is 11.1. The summed E-state index contributed by atoms with van der Waals surface area (Å²) in [5, 5.41) is 0. The molecular weight excluding hydrogens is 214 g/mol. The summed E-state index contributed by atoms with van der Waals surface area (Å²) in [7, 11) is 0. The van der Waals surface area contributed by atoms with Crippen LogP contribution in [0.15, 0.2) is 12.3 Å². The number of hydrogen-bond acceptors (Lipinski definition) is 3. The first kappa shape index (κ1) is 13.6. The summed E-state index contributed by atoms with van der Waals surface area (Å²) in [5.41, 5.74) is 0.965. The van der Waals surface area contributed by atoms with Gasteiger partial charge in [-0.15, -0.1) is 0 Å². The molecule has 94 valence electrons. The van der Waals surface area contributed by atoms with Gasteiger partial charge in [-0.05, 0) is 25.8 Å². The summed E-state index contributed by atoms with van der Waals surface area (Å²) < 4.78 is 0. The summed E-state index contributed by atoms with van der Waals surface area (Å²) in [6.07, 6.45) is 3.94. The maximum Gasteiger partial charge on any atom is 0.232 e. The van der Waals surface area contributed by atoms with Gasteiger partial charge < -0.3 is 0 Å². The summed E-state index contributed by atoms with van der Waals surface area (Å²) >= 11 is 0. The molecule has 1 amide bonds. The molecule has 1 heterocycles. The van der Waals surface area contributed by atoms with Gasteiger partial charge in [-0.3, -0.25) is 9.69 Å². The molecule has 4 nitrogen and oxygen atoms in total. The number of hydrogen-bond donors (Lipinski definition) is 0. The lowest BCUT2D eigenvalue weighted by molar-refractivity contribution is -0.118. The van der Waals surface area contributed by atoms with Crippen molar-refractivity contribution in [3.8, 4) is 0 Å². The largest absolute Gasteiger partial charge is 0.278 e. The van der Waals surface area contributed by atoms with Crippen LogP contribution in [-0.2, 0) is 11.2 Å². The van der Waals surface area contributed by atoms with Gasteiger partial charge in [0, 0.05) is 24.4 Å². The normalized spacial score (nSPS) is 12.2. The Morgan fingerprint density at radius 2 is 2.12 bits per heavy atom. The van der Waals surface area contributed by atoms with Crippen molar-refractivity contribution in [3.63, 3.8) is 0 Å². The molecule has 0 aromatic carbocycles. The average Bonchev–Trinajstić information content (AvgIpc) is 2.38. The number of rotatable bonds is 5. The average molecular weight is 235 g/mol. The number of aromatic nitrogens is 2. The van der Waals surface area contributed by atoms with Crippen LogP contribution in [-0.4, -0.2) is 21.9 Å². The Bertz CT molecular complexity index is 379. The van der Waals surface area contributed by atoms with E-state index in [9.17, 15) is 4.79 Å². The topological polar surface area (TPSA) is 46.1 Å². The van der Waals surface area contributed by atoms with Crippen molar-refractivity contribution >= 4 is 11.9 Å². The van der Waals surface area contributed by atoms with Gasteiger partial charge in [0.15, 0.2) is 0 Å². The maximum atomic E-state index is 12.0. The van der Waals surface area contributed by atoms with Gasteiger partial charge in [-0.1, -0.05) is 20.8 Å². The molecule has 0 saturated carbocycles. The fourth-order valence-electron chi connectivity index (χ4n) is 1.60. The quantitative estimate of drug-likeness (QED) is 0.788. The van der Waals surface area contributed by atoms with Gasteiger partial charge >= 0.3 is 0 Å². The van der Waals surface area contributed by atoms with Gasteiger partial charge in [0.2, 0.25) is 11.9 Å². The van der Waals surface area contributed by atoms with Gasteiger partial charge in [0.1, 0.15) is 0 Å². The third-order valence-electron chi connectivity index (χ3n) is 2.88. The molecule has 0 aliphatic carbocycles. The lowest BCUT2D eigenvalue weighted by Crippen LogP contribution is -2.39. The van der Waals surface area contributed by atoms with E-state index in [4.69, 9.17) is 0 Å². The van der Waals surface area contributed by atoms with E-state index in [-0.39, 0.29) is 11.9 Å². The Labute approximate surface area is 103 Å². The first-order chi connectivity index (χ1) is 8.13. The van der Waals surface area contributed by atoms with E-state index in [0.29, 0.717) is 12.4 Å². The van der Waals surface area contributed by atoms with Crippen LogP contribution < -0.4 is 4.90 Å². The standard InChI is InChI=1S/C13H21N3O/c1-5-10(4)16(12(17)7-3)13-14-9-8-11(6-2)15-13/h8-10H,5-7H2,1-4H3. The highest BCUT2D eigenvalue weighted by Crippen LogP contribution is 2.15. The molecule has 1 rings (SSSR count). The Hall–Kier alpha value is -1.45. The van der Waals surface area contributed by atoms with E-state index in [0.717, 1.165) is 18.5 Å². The van der Waals surface area contributed by atoms with E-state index in [1.807, 2.05) is 26.8 Å². The van der Waals surface area contributed by atoms with Crippen molar-refractivity contribution in [1.29, 1.82) is 0 Å². The lowest BCUT2D eigenvalue weighted by Gasteiger charge is -2.26. The maximum absolute atomic E-state index is 12.0. The molecule has 0 spiro atoms. The number of carbonyl (C=O) groups is 1. The van der Waals surface area contributed by atoms with E-state index in [1.54, 1.807) is 11.1 Å². The molecule has 4 heteroatoms. The number of aryl methyl sites for hydroxylation is 1. The van der Waals surface area contributed by atoms with Crippen LogP contribution in [0.3, 0.4) is 0 Å². The molecule has 0 aliphatic heterocycles. The van der Waals surface area contributed by atoms with Crippen LogP contribution in [0.4, 0.5) is 5.95 Å². The fraction of sp³-hybridized carbons (Fsp3) is 0.615. The first-order valence-electron chi connectivity index (χ1n) is 6.27. The highest BCUT2D eigenvalue weighted by Gasteiger charge is 2.21. The van der Waals surface area contributed by atoms with Crippen molar-refractivity contribution in [2.45, 2.75) is 53.0 Å². The highest BCUT2D eigenvalue weighted by molar-refractivity contribution is 5.91. The smallest absolute Gasteiger partial charge is 0.232 e. The molecule has 17 heavy (non-hydrogen) atoms. The summed E-state index contributed by atoms with van der Waals surface area (Å²) in [4.78, 5) is 22.3. The fourth-order valence-corrected chi connectivity index (χ4v) is 1.60. The minimum Gasteiger partial charge on any atom is -0.278 e. The lowest BCUT2D eigenvalue weighted by atomic mass is 10.2. The molecule has 0 radical (unpaired) electrons. The second-order valence-corrected chi connectivity index (χ2v) is 4.08. The molecule has 1 atom stereocenters. The van der Waals surface area contributed by atoms with Crippen molar-refractivity contribution in [2.75, 3.05) is 4.90 Å². The molecule has 0 N–H and O–H groups in total. The minimum absolute atomic E-state index is 0.0765. The second kappa shape index (κ2) is 6.33.